The van der Waals surface area contributed by atoms with Gasteiger partial charge >= 0.3 is 11.6 Å². The Kier molecular flexibility index (Phi) is 5.48. The Morgan fingerprint density at radius 3 is 2.48 bits per heavy atom. The maximum absolute atomic E-state index is 13.0. The van der Waals surface area contributed by atoms with E-state index in [1.165, 1.54) is 29.2 Å². The van der Waals surface area contributed by atoms with Crippen molar-refractivity contribution in [2.24, 2.45) is 0 Å². The smallest absolute Gasteiger partial charge is 0.333 e. The van der Waals surface area contributed by atoms with Crippen LogP contribution in [0.5, 0.6) is 5.75 Å². The molecule has 8 nitrogen and oxygen atoms in total. The first-order valence-corrected chi connectivity index (χ1v) is 9.65. The molecule has 9 heteroatoms. The summed E-state index contributed by atoms with van der Waals surface area (Å²) in [6, 6.07) is 14.2. The van der Waals surface area contributed by atoms with Crippen molar-refractivity contribution in [3.8, 4) is 5.75 Å². The first-order valence-electron chi connectivity index (χ1n) is 9.65. The van der Waals surface area contributed by atoms with Crippen LogP contribution in [-0.4, -0.2) is 38.0 Å². The fourth-order valence-electron chi connectivity index (χ4n) is 3.37. The summed E-state index contributed by atoms with van der Waals surface area (Å²) in [5.74, 6) is -1.94. The van der Waals surface area contributed by atoms with Crippen LogP contribution in [0, 0.1) is 5.82 Å². The molecule has 1 aromatic heterocycles. The number of rotatable bonds is 5. The van der Waals surface area contributed by atoms with Gasteiger partial charge in [0.25, 0.3) is 5.91 Å². The number of benzene rings is 2. The van der Waals surface area contributed by atoms with Crippen LogP contribution in [0.4, 0.5) is 9.18 Å². The van der Waals surface area contributed by atoms with Crippen molar-refractivity contribution in [1.29, 1.82) is 0 Å². The minimum absolute atomic E-state index is 0.0580. The molecule has 0 atom stereocenters. The average Bonchev–Trinajstić information content (AvgIpc) is 2.78. The van der Waals surface area contributed by atoms with E-state index in [1.54, 1.807) is 0 Å². The molecule has 158 valence electrons. The number of nitrogens with zero attached hydrogens (tertiary/aromatic N) is 3. The van der Waals surface area contributed by atoms with Gasteiger partial charge in [0.15, 0.2) is 5.69 Å². The number of hydrogen-bond acceptors (Lipinski definition) is 5. The standard InChI is InChI=1S/C22H19FN4O4/c23-16-8-6-14(7-9-16)12-24-20(29)18-19(28)21(30)27-17(25-18)10-11-26(22(27)31)13-15-4-2-1-3-5-15/h1-9,28H,10-13H2,(H,24,29). The van der Waals surface area contributed by atoms with Crippen LogP contribution in [0.2, 0.25) is 0 Å². The molecular formula is C22H19FN4O4. The van der Waals surface area contributed by atoms with Crippen molar-refractivity contribution in [2.45, 2.75) is 19.5 Å². The van der Waals surface area contributed by atoms with Crippen molar-refractivity contribution in [2.75, 3.05) is 6.54 Å². The lowest BCUT2D eigenvalue weighted by Gasteiger charge is -2.29. The Bertz CT molecular complexity index is 1190. The number of nitrogens with one attached hydrogen (secondary N) is 1. The number of halogens is 1. The summed E-state index contributed by atoms with van der Waals surface area (Å²) in [7, 11) is 0. The SMILES string of the molecule is O=C(NCc1ccc(F)cc1)c1nc2n(c(=O)c1O)C(=O)N(Cc1ccccc1)CC2. The minimum Gasteiger partial charge on any atom is -0.501 e. The van der Waals surface area contributed by atoms with Gasteiger partial charge in [-0.2, -0.15) is 0 Å². The molecule has 1 aliphatic heterocycles. The summed E-state index contributed by atoms with van der Waals surface area (Å²) >= 11 is 0. The maximum Gasteiger partial charge on any atom is 0.333 e. The van der Waals surface area contributed by atoms with Gasteiger partial charge in [-0.15, -0.1) is 0 Å². The Hall–Kier alpha value is -4.01. The fourth-order valence-corrected chi connectivity index (χ4v) is 3.37. The first-order chi connectivity index (χ1) is 14.9. The van der Waals surface area contributed by atoms with Crippen molar-refractivity contribution >= 4 is 11.9 Å². The highest BCUT2D eigenvalue weighted by molar-refractivity contribution is 5.95. The molecule has 0 unspecified atom stereocenters. The Balaban J connectivity index is 1.55. The number of carbonyl (C=O) groups is 2. The summed E-state index contributed by atoms with van der Waals surface area (Å²) < 4.78 is 13.8. The molecule has 0 fully saturated rings. The molecule has 0 saturated carbocycles. The molecule has 0 bridgehead atoms. The molecule has 0 radical (unpaired) electrons. The monoisotopic (exact) mass is 422 g/mol. The third-order valence-corrected chi connectivity index (χ3v) is 4.99. The zero-order chi connectivity index (χ0) is 22.0. The predicted molar refractivity (Wildman–Crippen MR) is 109 cm³/mol. The van der Waals surface area contributed by atoms with E-state index in [-0.39, 0.29) is 18.8 Å². The maximum atomic E-state index is 13.0. The van der Waals surface area contributed by atoms with E-state index in [1.807, 2.05) is 30.3 Å². The molecule has 2 aromatic carbocycles. The summed E-state index contributed by atoms with van der Waals surface area (Å²) in [5.41, 5.74) is 0.110. The van der Waals surface area contributed by atoms with Gasteiger partial charge in [0.2, 0.25) is 5.75 Å². The molecule has 1 aliphatic rings. The molecule has 2 N–H and O–H groups in total. The third kappa shape index (κ3) is 4.16. The van der Waals surface area contributed by atoms with Crippen LogP contribution in [0.25, 0.3) is 0 Å². The lowest BCUT2D eigenvalue weighted by molar-refractivity contribution is 0.0941. The van der Waals surface area contributed by atoms with Crippen LogP contribution in [0.15, 0.2) is 59.4 Å². The first kappa shape index (κ1) is 20.3. The Morgan fingerprint density at radius 2 is 1.77 bits per heavy atom. The second-order valence-corrected chi connectivity index (χ2v) is 7.11. The van der Waals surface area contributed by atoms with Gasteiger partial charge < -0.3 is 15.3 Å². The Labute approximate surface area is 176 Å². The summed E-state index contributed by atoms with van der Waals surface area (Å²) in [6.07, 6.45) is 0.256. The average molecular weight is 422 g/mol. The molecule has 0 saturated heterocycles. The second-order valence-electron chi connectivity index (χ2n) is 7.11. The lowest BCUT2D eigenvalue weighted by atomic mass is 10.2. The zero-order valence-electron chi connectivity index (χ0n) is 16.4. The zero-order valence-corrected chi connectivity index (χ0v) is 16.4. The van der Waals surface area contributed by atoms with E-state index in [0.29, 0.717) is 18.7 Å². The Morgan fingerprint density at radius 1 is 1.06 bits per heavy atom. The van der Waals surface area contributed by atoms with Gasteiger partial charge in [-0.1, -0.05) is 42.5 Å². The summed E-state index contributed by atoms with van der Waals surface area (Å²) in [6.45, 7) is 0.691. The van der Waals surface area contributed by atoms with Gasteiger partial charge in [0, 0.05) is 26.1 Å². The van der Waals surface area contributed by atoms with Crippen LogP contribution in [0.3, 0.4) is 0 Å². The highest BCUT2D eigenvalue weighted by Gasteiger charge is 2.30. The highest BCUT2D eigenvalue weighted by atomic mass is 19.1. The van der Waals surface area contributed by atoms with Gasteiger partial charge in [-0.05, 0) is 23.3 Å². The molecule has 3 aromatic rings. The number of hydrogen-bond donors (Lipinski definition) is 2. The number of carbonyl (C=O) groups excluding carboxylic acids is 2. The van der Waals surface area contributed by atoms with Crippen molar-refractivity contribution in [1.82, 2.24) is 19.8 Å². The van der Waals surface area contributed by atoms with Gasteiger partial charge in [0.05, 0.1) is 0 Å². The van der Waals surface area contributed by atoms with E-state index < -0.39 is 34.8 Å². The number of amides is 2. The van der Waals surface area contributed by atoms with Crippen molar-refractivity contribution in [3.05, 3.63) is 93.4 Å². The molecule has 0 aliphatic carbocycles. The molecule has 31 heavy (non-hydrogen) atoms. The van der Waals surface area contributed by atoms with E-state index in [9.17, 15) is 23.9 Å². The minimum atomic E-state index is -0.986. The molecule has 2 amide bonds. The summed E-state index contributed by atoms with van der Waals surface area (Å²) in [4.78, 5) is 43.5. The summed E-state index contributed by atoms with van der Waals surface area (Å²) in [5, 5.41) is 12.8. The lowest BCUT2D eigenvalue weighted by Crippen LogP contribution is -2.47. The second kappa shape index (κ2) is 8.39. The predicted octanol–water partition coefficient (Wildman–Crippen LogP) is 2.04. The van der Waals surface area contributed by atoms with Gasteiger partial charge in [-0.3, -0.25) is 9.59 Å². The highest BCUT2D eigenvalue weighted by Crippen LogP contribution is 2.17. The molecule has 2 heterocycles. The van der Waals surface area contributed by atoms with E-state index in [0.717, 1.165) is 10.1 Å². The van der Waals surface area contributed by atoms with Crippen LogP contribution in [-0.2, 0) is 19.5 Å². The van der Waals surface area contributed by atoms with E-state index >= 15 is 0 Å². The molecular weight excluding hydrogens is 403 g/mol. The van der Waals surface area contributed by atoms with Crippen molar-refractivity contribution in [3.63, 3.8) is 0 Å². The van der Waals surface area contributed by atoms with Gasteiger partial charge in [-0.25, -0.2) is 18.7 Å². The topological polar surface area (TPSA) is 105 Å². The number of aromatic hydroxyl groups is 1. The van der Waals surface area contributed by atoms with Gasteiger partial charge in [0.1, 0.15) is 11.6 Å². The third-order valence-electron chi connectivity index (χ3n) is 4.99. The quantitative estimate of drug-likeness (QED) is 0.655. The van der Waals surface area contributed by atoms with Crippen LogP contribution >= 0.6 is 0 Å². The fraction of sp³-hybridized carbons (Fsp3) is 0.182. The molecule has 4 rings (SSSR count). The van der Waals surface area contributed by atoms with Crippen LogP contribution in [0.1, 0.15) is 27.4 Å². The van der Waals surface area contributed by atoms with Crippen molar-refractivity contribution < 1.29 is 19.1 Å². The number of aromatic nitrogens is 2. The van der Waals surface area contributed by atoms with E-state index in [4.69, 9.17) is 0 Å². The van der Waals surface area contributed by atoms with E-state index in [2.05, 4.69) is 10.3 Å². The largest absolute Gasteiger partial charge is 0.501 e. The number of fused-ring (bicyclic) bond motifs is 1. The normalized spacial score (nSPS) is 13.1. The van der Waals surface area contributed by atoms with Crippen LogP contribution < -0.4 is 10.9 Å². The molecule has 0 spiro atoms.